The zero-order chi connectivity index (χ0) is 17.6. The third-order valence-corrected chi connectivity index (χ3v) is 4.60. The number of para-hydroxylation sites is 2. The van der Waals surface area contributed by atoms with Gasteiger partial charge in [-0.05, 0) is 41.3 Å². The standard InChI is InChI=1S/C19H17FN2O2S/c1-24-16-6-3-2-5-15(16)21-19(23)22-18(17-7-4-12-25-17)13-8-10-14(20)11-9-13/h2-12,18H,1H3,(H2,21,22,23). The van der Waals surface area contributed by atoms with Crippen LogP contribution >= 0.6 is 11.3 Å². The second-order valence-corrected chi connectivity index (χ2v) is 6.28. The summed E-state index contributed by atoms with van der Waals surface area (Å²) in [6, 6.07) is 16.4. The van der Waals surface area contributed by atoms with Gasteiger partial charge in [0.2, 0.25) is 0 Å². The number of urea groups is 1. The highest BCUT2D eigenvalue weighted by molar-refractivity contribution is 7.10. The van der Waals surface area contributed by atoms with Crippen molar-refractivity contribution in [3.05, 3.63) is 82.3 Å². The van der Waals surface area contributed by atoms with Crippen LogP contribution < -0.4 is 15.4 Å². The Kier molecular flexibility index (Phi) is 5.30. The Morgan fingerprint density at radius 2 is 1.84 bits per heavy atom. The normalized spacial score (nSPS) is 11.6. The van der Waals surface area contributed by atoms with E-state index in [1.54, 1.807) is 31.4 Å². The van der Waals surface area contributed by atoms with Gasteiger partial charge in [-0.1, -0.05) is 30.3 Å². The summed E-state index contributed by atoms with van der Waals surface area (Å²) in [6.45, 7) is 0. The van der Waals surface area contributed by atoms with Gasteiger partial charge < -0.3 is 15.4 Å². The van der Waals surface area contributed by atoms with E-state index in [1.807, 2.05) is 29.6 Å². The predicted octanol–water partition coefficient (Wildman–Crippen LogP) is 4.81. The minimum atomic E-state index is -0.368. The van der Waals surface area contributed by atoms with Crippen LogP contribution in [-0.2, 0) is 0 Å². The van der Waals surface area contributed by atoms with Crippen molar-refractivity contribution in [3.8, 4) is 5.75 Å². The molecule has 128 valence electrons. The lowest BCUT2D eigenvalue weighted by atomic mass is 10.1. The molecule has 0 fully saturated rings. The fraction of sp³-hybridized carbons (Fsp3) is 0.105. The molecular weight excluding hydrogens is 339 g/mol. The van der Waals surface area contributed by atoms with E-state index in [0.29, 0.717) is 11.4 Å². The summed E-state index contributed by atoms with van der Waals surface area (Å²) in [5.74, 6) is 0.263. The quantitative estimate of drug-likeness (QED) is 0.689. The number of rotatable bonds is 5. The molecule has 0 radical (unpaired) electrons. The van der Waals surface area contributed by atoms with E-state index in [-0.39, 0.29) is 17.9 Å². The summed E-state index contributed by atoms with van der Waals surface area (Å²) in [4.78, 5) is 13.4. The summed E-state index contributed by atoms with van der Waals surface area (Å²) >= 11 is 1.53. The van der Waals surface area contributed by atoms with Gasteiger partial charge in [0.1, 0.15) is 11.6 Å². The first-order valence-electron chi connectivity index (χ1n) is 7.67. The second-order valence-electron chi connectivity index (χ2n) is 5.30. The van der Waals surface area contributed by atoms with E-state index in [0.717, 1.165) is 10.4 Å². The molecule has 3 rings (SSSR count). The van der Waals surface area contributed by atoms with Crippen LogP contribution in [0.4, 0.5) is 14.9 Å². The smallest absolute Gasteiger partial charge is 0.320 e. The van der Waals surface area contributed by atoms with Crippen molar-refractivity contribution in [1.29, 1.82) is 0 Å². The van der Waals surface area contributed by atoms with Crippen LogP contribution in [0, 0.1) is 5.82 Å². The maximum absolute atomic E-state index is 13.2. The monoisotopic (exact) mass is 356 g/mol. The maximum atomic E-state index is 13.2. The van der Waals surface area contributed by atoms with Crippen molar-refractivity contribution in [3.63, 3.8) is 0 Å². The molecule has 0 saturated heterocycles. The van der Waals surface area contributed by atoms with Crippen molar-refractivity contribution in [2.45, 2.75) is 6.04 Å². The number of ether oxygens (including phenoxy) is 1. The predicted molar refractivity (Wildman–Crippen MR) is 97.7 cm³/mol. The third-order valence-electron chi connectivity index (χ3n) is 3.66. The zero-order valence-corrected chi connectivity index (χ0v) is 14.3. The Hall–Kier alpha value is -2.86. The average Bonchev–Trinajstić information content (AvgIpc) is 3.15. The van der Waals surface area contributed by atoms with Crippen molar-refractivity contribution >= 4 is 23.1 Å². The summed E-state index contributed by atoms with van der Waals surface area (Å²) in [6.07, 6.45) is 0. The molecule has 0 aliphatic carbocycles. The molecule has 4 nitrogen and oxygen atoms in total. The lowest BCUT2D eigenvalue weighted by molar-refractivity contribution is 0.250. The molecule has 1 heterocycles. The fourth-order valence-corrected chi connectivity index (χ4v) is 3.27. The van der Waals surface area contributed by atoms with E-state index in [9.17, 15) is 9.18 Å². The fourth-order valence-electron chi connectivity index (χ4n) is 2.47. The molecule has 2 aromatic carbocycles. The van der Waals surface area contributed by atoms with Gasteiger partial charge in [-0.2, -0.15) is 0 Å². The number of amides is 2. The van der Waals surface area contributed by atoms with Crippen LogP contribution in [0.5, 0.6) is 5.75 Å². The molecule has 2 amide bonds. The Balaban J connectivity index is 1.80. The highest BCUT2D eigenvalue weighted by Gasteiger charge is 2.18. The van der Waals surface area contributed by atoms with Gasteiger partial charge >= 0.3 is 6.03 Å². The van der Waals surface area contributed by atoms with Crippen molar-refractivity contribution in [2.75, 3.05) is 12.4 Å². The average molecular weight is 356 g/mol. The second kappa shape index (κ2) is 7.81. The number of anilines is 1. The van der Waals surface area contributed by atoms with Crippen LogP contribution in [0.2, 0.25) is 0 Å². The molecular formula is C19H17FN2O2S. The highest BCUT2D eigenvalue weighted by atomic mass is 32.1. The molecule has 2 N–H and O–H groups in total. The molecule has 0 saturated carbocycles. The Labute approximate surface area is 149 Å². The number of carbonyl (C=O) groups is 1. The van der Waals surface area contributed by atoms with Crippen LogP contribution in [0.25, 0.3) is 0 Å². The summed E-state index contributed by atoms with van der Waals surface area (Å²) in [7, 11) is 1.55. The molecule has 1 unspecified atom stereocenters. The Morgan fingerprint density at radius 3 is 2.52 bits per heavy atom. The first-order valence-corrected chi connectivity index (χ1v) is 8.55. The zero-order valence-electron chi connectivity index (χ0n) is 13.5. The Bertz CT molecular complexity index is 835. The van der Waals surface area contributed by atoms with Gasteiger partial charge in [0, 0.05) is 4.88 Å². The number of carbonyl (C=O) groups excluding carboxylic acids is 1. The van der Waals surface area contributed by atoms with Gasteiger partial charge in [-0.25, -0.2) is 9.18 Å². The number of nitrogens with one attached hydrogen (secondary N) is 2. The molecule has 1 aromatic heterocycles. The Morgan fingerprint density at radius 1 is 1.08 bits per heavy atom. The van der Waals surface area contributed by atoms with Gasteiger partial charge in [0.05, 0.1) is 18.8 Å². The molecule has 0 bridgehead atoms. The van der Waals surface area contributed by atoms with Crippen LogP contribution in [0.15, 0.2) is 66.0 Å². The van der Waals surface area contributed by atoms with E-state index in [4.69, 9.17) is 4.74 Å². The first kappa shape index (κ1) is 17.0. The number of benzene rings is 2. The highest BCUT2D eigenvalue weighted by Crippen LogP contribution is 2.27. The summed E-state index contributed by atoms with van der Waals surface area (Å²) < 4.78 is 18.5. The van der Waals surface area contributed by atoms with Gasteiger partial charge in [-0.15, -0.1) is 11.3 Å². The maximum Gasteiger partial charge on any atom is 0.320 e. The number of hydrogen-bond donors (Lipinski definition) is 2. The molecule has 0 aliphatic heterocycles. The first-order chi connectivity index (χ1) is 12.2. The molecule has 25 heavy (non-hydrogen) atoms. The van der Waals surface area contributed by atoms with Gasteiger partial charge in [0.25, 0.3) is 0 Å². The molecule has 1 atom stereocenters. The van der Waals surface area contributed by atoms with Crippen molar-refractivity contribution < 1.29 is 13.9 Å². The number of methoxy groups -OCH3 is 1. The van der Waals surface area contributed by atoms with Crippen LogP contribution in [0.3, 0.4) is 0 Å². The minimum absolute atomic E-state index is 0.313. The number of hydrogen-bond acceptors (Lipinski definition) is 3. The SMILES string of the molecule is COc1ccccc1NC(=O)NC(c1ccc(F)cc1)c1cccs1. The van der Waals surface area contributed by atoms with Crippen LogP contribution in [-0.4, -0.2) is 13.1 Å². The molecule has 0 spiro atoms. The van der Waals surface area contributed by atoms with Gasteiger partial charge in [0.15, 0.2) is 0 Å². The molecule has 3 aromatic rings. The lowest BCUT2D eigenvalue weighted by Crippen LogP contribution is -2.33. The van der Waals surface area contributed by atoms with Gasteiger partial charge in [-0.3, -0.25) is 0 Å². The van der Waals surface area contributed by atoms with Crippen molar-refractivity contribution in [2.24, 2.45) is 0 Å². The lowest BCUT2D eigenvalue weighted by Gasteiger charge is -2.19. The molecule has 6 heteroatoms. The van der Waals surface area contributed by atoms with Crippen molar-refractivity contribution in [1.82, 2.24) is 5.32 Å². The van der Waals surface area contributed by atoms with E-state index in [1.165, 1.54) is 23.5 Å². The van der Waals surface area contributed by atoms with Crippen LogP contribution in [0.1, 0.15) is 16.5 Å². The summed E-state index contributed by atoms with van der Waals surface area (Å²) in [5.41, 5.74) is 1.38. The third kappa shape index (κ3) is 4.16. The largest absolute Gasteiger partial charge is 0.495 e. The minimum Gasteiger partial charge on any atom is -0.495 e. The topological polar surface area (TPSA) is 50.4 Å². The number of thiophene rings is 1. The van der Waals surface area contributed by atoms with E-state index in [2.05, 4.69) is 10.6 Å². The summed E-state index contributed by atoms with van der Waals surface area (Å²) in [5, 5.41) is 7.66. The molecule has 0 aliphatic rings. The van der Waals surface area contributed by atoms with E-state index >= 15 is 0 Å². The van der Waals surface area contributed by atoms with E-state index < -0.39 is 0 Å². The number of halogens is 1.